The second-order valence-electron chi connectivity index (χ2n) is 6.27. The van der Waals surface area contributed by atoms with E-state index in [2.05, 4.69) is 5.10 Å². The minimum absolute atomic E-state index is 0.0983. The Morgan fingerprint density at radius 2 is 1.75 bits per heavy atom. The maximum absolute atomic E-state index is 13.1. The summed E-state index contributed by atoms with van der Waals surface area (Å²) < 4.78 is 33.6. The van der Waals surface area contributed by atoms with Gasteiger partial charge in [0.05, 0.1) is 19.3 Å². The largest absolute Gasteiger partial charge is 0.465 e. The molecule has 0 amide bonds. The van der Waals surface area contributed by atoms with Gasteiger partial charge in [-0.1, -0.05) is 42.5 Å². The molecule has 2 aromatic carbocycles. The molecule has 3 rings (SSSR count). The predicted molar refractivity (Wildman–Crippen MR) is 106 cm³/mol. The van der Waals surface area contributed by atoms with Gasteiger partial charge in [-0.25, -0.2) is 4.79 Å². The first kappa shape index (κ1) is 19.6. The van der Waals surface area contributed by atoms with Gasteiger partial charge in [-0.05, 0) is 30.2 Å². The molecule has 146 valence electrons. The van der Waals surface area contributed by atoms with Crippen molar-refractivity contribution in [1.82, 2.24) is 9.78 Å². The van der Waals surface area contributed by atoms with Crippen LogP contribution in [0.3, 0.4) is 0 Å². The molecule has 1 heterocycles. The highest BCUT2D eigenvalue weighted by molar-refractivity contribution is 7.92. The predicted octanol–water partition coefficient (Wildman–Crippen LogP) is 2.85. The monoisotopic (exact) mass is 399 g/mol. The minimum Gasteiger partial charge on any atom is -0.465 e. The lowest BCUT2D eigenvalue weighted by atomic mass is 10.1. The Labute approximate surface area is 164 Å². The molecule has 0 fully saturated rings. The fourth-order valence-corrected chi connectivity index (χ4v) is 4.07. The Balaban J connectivity index is 2.05. The zero-order valence-electron chi connectivity index (χ0n) is 15.9. The highest BCUT2D eigenvalue weighted by atomic mass is 32.2. The van der Waals surface area contributed by atoms with Crippen molar-refractivity contribution in [2.45, 2.75) is 18.5 Å². The number of ether oxygens (including phenoxy) is 1. The highest BCUT2D eigenvalue weighted by Gasteiger charge is 2.31. The van der Waals surface area contributed by atoms with Gasteiger partial charge in [0.1, 0.15) is 5.56 Å². The number of anilines is 1. The SMILES string of the molecule is COC(=O)c1cn(Cc2ccccc2C)nc1S(=O)(=O)N(C)c1ccccc1. The van der Waals surface area contributed by atoms with Crippen molar-refractivity contribution in [3.05, 3.63) is 77.5 Å². The average molecular weight is 399 g/mol. The topological polar surface area (TPSA) is 81.5 Å². The molecule has 28 heavy (non-hydrogen) atoms. The summed E-state index contributed by atoms with van der Waals surface area (Å²) in [6, 6.07) is 16.3. The van der Waals surface area contributed by atoms with Gasteiger partial charge in [0.2, 0.25) is 5.03 Å². The Morgan fingerprint density at radius 1 is 1.11 bits per heavy atom. The van der Waals surface area contributed by atoms with Crippen LogP contribution in [0.5, 0.6) is 0 Å². The van der Waals surface area contributed by atoms with Crippen molar-refractivity contribution in [1.29, 1.82) is 0 Å². The molecule has 0 saturated carbocycles. The van der Waals surface area contributed by atoms with Gasteiger partial charge in [-0.3, -0.25) is 8.99 Å². The average Bonchev–Trinajstić information content (AvgIpc) is 3.14. The van der Waals surface area contributed by atoms with Gasteiger partial charge in [0.25, 0.3) is 10.0 Å². The summed E-state index contributed by atoms with van der Waals surface area (Å²) in [6.45, 7) is 2.29. The molecule has 0 aliphatic rings. The molecular weight excluding hydrogens is 378 g/mol. The van der Waals surface area contributed by atoms with Crippen LogP contribution in [0.1, 0.15) is 21.5 Å². The molecule has 3 aromatic rings. The van der Waals surface area contributed by atoms with E-state index in [1.165, 1.54) is 25.0 Å². The fraction of sp³-hybridized carbons (Fsp3) is 0.200. The molecule has 0 bridgehead atoms. The number of carbonyl (C=O) groups excluding carboxylic acids is 1. The smallest absolute Gasteiger partial charge is 0.342 e. The van der Waals surface area contributed by atoms with Gasteiger partial charge in [0.15, 0.2) is 0 Å². The molecule has 0 atom stereocenters. The van der Waals surface area contributed by atoms with E-state index in [-0.39, 0.29) is 10.6 Å². The van der Waals surface area contributed by atoms with E-state index in [0.717, 1.165) is 15.4 Å². The third kappa shape index (κ3) is 3.77. The first-order chi connectivity index (χ1) is 13.3. The summed E-state index contributed by atoms with van der Waals surface area (Å²) in [4.78, 5) is 12.2. The van der Waals surface area contributed by atoms with E-state index in [1.807, 2.05) is 31.2 Å². The van der Waals surface area contributed by atoms with Crippen LogP contribution in [0.2, 0.25) is 0 Å². The molecule has 0 aliphatic carbocycles. The Hall–Kier alpha value is -3.13. The number of esters is 1. The van der Waals surface area contributed by atoms with Crippen LogP contribution in [0.4, 0.5) is 5.69 Å². The first-order valence-electron chi connectivity index (χ1n) is 8.59. The lowest BCUT2D eigenvalue weighted by molar-refractivity contribution is 0.0596. The number of nitrogens with zero attached hydrogens (tertiary/aromatic N) is 3. The number of sulfonamides is 1. The maximum Gasteiger partial charge on any atom is 0.342 e. The Morgan fingerprint density at radius 3 is 2.39 bits per heavy atom. The number of aromatic nitrogens is 2. The fourth-order valence-electron chi connectivity index (χ4n) is 2.79. The quantitative estimate of drug-likeness (QED) is 0.596. The summed E-state index contributed by atoms with van der Waals surface area (Å²) in [6.07, 6.45) is 1.41. The van der Waals surface area contributed by atoms with Gasteiger partial charge in [-0.2, -0.15) is 13.5 Å². The van der Waals surface area contributed by atoms with Crippen molar-refractivity contribution in [3.63, 3.8) is 0 Å². The Kier molecular flexibility index (Phi) is 5.51. The summed E-state index contributed by atoms with van der Waals surface area (Å²) >= 11 is 0. The number of para-hydroxylation sites is 1. The molecule has 0 N–H and O–H groups in total. The van der Waals surface area contributed by atoms with Crippen molar-refractivity contribution >= 4 is 21.7 Å². The van der Waals surface area contributed by atoms with Gasteiger partial charge < -0.3 is 4.74 Å². The van der Waals surface area contributed by atoms with Crippen LogP contribution >= 0.6 is 0 Å². The second-order valence-corrected chi connectivity index (χ2v) is 8.16. The minimum atomic E-state index is -4.06. The third-order valence-corrected chi connectivity index (χ3v) is 6.17. The zero-order valence-corrected chi connectivity index (χ0v) is 16.7. The third-order valence-electron chi connectivity index (χ3n) is 4.45. The van der Waals surface area contributed by atoms with Gasteiger partial charge in [-0.15, -0.1) is 0 Å². The van der Waals surface area contributed by atoms with Crippen LogP contribution in [0.15, 0.2) is 65.8 Å². The van der Waals surface area contributed by atoms with Gasteiger partial charge in [0, 0.05) is 13.2 Å². The molecular formula is C20H21N3O4S. The van der Waals surface area contributed by atoms with Crippen LogP contribution in [-0.2, 0) is 21.3 Å². The molecule has 7 nitrogen and oxygen atoms in total. The summed E-state index contributed by atoms with van der Waals surface area (Å²) in [5, 5.41) is 3.89. The first-order valence-corrected chi connectivity index (χ1v) is 10.0. The number of methoxy groups -OCH3 is 1. The summed E-state index contributed by atoms with van der Waals surface area (Å²) in [5.41, 5.74) is 2.39. The number of hydrogen-bond donors (Lipinski definition) is 0. The number of benzene rings is 2. The molecule has 1 aromatic heterocycles. The van der Waals surface area contributed by atoms with Crippen LogP contribution in [0, 0.1) is 6.92 Å². The maximum atomic E-state index is 13.1. The molecule has 0 spiro atoms. The number of hydrogen-bond acceptors (Lipinski definition) is 5. The van der Waals surface area contributed by atoms with Crippen molar-refractivity contribution < 1.29 is 17.9 Å². The highest BCUT2D eigenvalue weighted by Crippen LogP contribution is 2.24. The van der Waals surface area contributed by atoms with E-state index < -0.39 is 16.0 Å². The summed E-state index contributed by atoms with van der Waals surface area (Å²) in [7, 11) is -1.43. The van der Waals surface area contributed by atoms with Crippen molar-refractivity contribution in [2.75, 3.05) is 18.5 Å². The lowest BCUT2D eigenvalue weighted by Gasteiger charge is -2.18. The molecule has 0 unspecified atom stereocenters. The van der Waals surface area contributed by atoms with E-state index in [0.29, 0.717) is 12.2 Å². The summed E-state index contributed by atoms with van der Waals surface area (Å²) in [5.74, 6) is -0.754. The van der Waals surface area contributed by atoms with E-state index >= 15 is 0 Å². The van der Waals surface area contributed by atoms with Crippen molar-refractivity contribution in [2.24, 2.45) is 0 Å². The van der Waals surface area contributed by atoms with E-state index in [9.17, 15) is 13.2 Å². The normalized spacial score (nSPS) is 11.2. The standard InChI is InChI=1S/C20H21N3O4S/c1-15-9-7-8-10-16(15)13-23-14-18(20(24)27-3)19(21-23)28(25,26)22(2)17-11-5-4-6-12-17/h4-12,14H,13H2,1-3H3. The lowest BCUT2D eigenvalue weighted by Crippen LogP contribution is -2.28. The Bertz CT molecular complexity index is 1090. The molecule has 0 radical (unpaired) electrons. The second kappa shape index (κ2) is 7.85. The molecule has 0 saturated heterocycles. The van der Waals surface area contributed by atoms with Crippen LogP contribution in [0.25, 0.3) is 0 Å². The van der Waals surface area contributed by atoms with Crippen molar-refractivity contribution in [3.8, 4) is 0 Å². The van der Waals surface area contributed by atoms with Crippen LogP contribution < -0.4 is 4.31 Å². The zero-order chi connectivity index (χ0) is 20.3. The number of aryl methyl sites for hydroxylation is 1. The number of rotatable bonds is 6. The van der Waals surface area contributed by atoms with Gasteiger partial charge >= 0.3 is 5.97 Å². The number of carbonyl (C=O) groups is 1. The van der Waals surface area contributed by atoms with E-state index in [4.69, 9.17) is 4.74 Å². The molecule has 8 heteroatoms. The van der Waals surface area contributed by atoms with Crippen LogP contribution in [-0.4, -0.2) is 38.3 Å². The molecule has 0 aliphatic heterocycles. The van der Waals surface area contributed by atoms with E-state index in [1.54, 1.807) is 30.3 Å².